The Bertz CT molecular complexity index is 650. The molecule has 6 heteroatoms. The highest BCUT2D eigenvalue weighted by Gasteiger charge is 2.08. The number of pyridine rings is 1. The van der Waals surface area contributed by atoms with E-state index in [9.17, 15) is 4.79 Å². The predicted molar refractivity (Wildman–Crippen MR) is 95.1 cm³/mol. The minimum atomic E-state index is -0.0648. The number of aromatic nitrogens is 1. The van der Waals surface area contributed by atoms with Crippen molar-refractivity contribution in [2.75, 3.05) is 25.5 Å². The van der Waals surface area contributed by atoms with Crippen LogP contribution in [0.3, 0.4) is 0 Å². The lowest BCUT2D eigenvalue weighted by atomic mass is 10.2. The topological polar surface area (TPSA) is 45.2 Å². The van der Waals surface area contributed by atoms with E-state index >= 15 is 0 Å². The third-order valence-electron chi connectivity index (χ3n) is 3.46. The molecule has 0 aliphatic heterocycles. The quantitative estimate of drug-likeness (QED) is 0.822. The summed E-state index contributed by atoms with van der Waals surface area (Å²) in [6.45, 7) is 1.57. The summed E-state index contributed by atoms with van der Waals surface area (Å²) < 4.78 is 0. The molecule has 1 N–H and O–H groups in total. The summed E-state index contributed by atoms with van der Waals surface area (Å²) in [6.07, 6.45) is 4.92. The Hall–Kier alpha value is -1.62. The summed E-state index contributed by atoms with van der Waals surface area (Å²) in [4.78, 5) is 18.1. The molecule has 0 saturated heterocycles. The maximum atomic E-state index is 12.0. The van der Waals surface area contributed by atoms with Crippen LogP contribution in [0.4, 0.5) is 5.69 Å². The van der Waals surface area contributed by atoms with Gasteiger partial charge in [0.25, 0.3) is 0 Å². The molecule has 122 valence electrons. The number of nitrogens with one attached hydrogen (secondary N) is 1. The Labute approximate surface area is 146 Å². The minimum Gasteiger partial charge on any atom is -0.325 e. The molecule has 1 aromatic carbocycles. The molecule has 1 heterocycles. The van der Waals surface area contributed by atoms with Crippen molar-refractivity contribution in [2.24, 2.45) is 0 Å². The van der Waals surface area contributed by atoms with Crippen LogP contribution in [-0.4, -0.2) is 35.9 Å². The van der Waals surface area contributed by atoms with Gasteiger partial charge in [-0.1, -0.05) is 23.2 Å². The summed E-state index contributed by atoms with van der Waals surface area (Å²) in [5.74, 6) is -0.0648. The van der Waals surface area contributed by atoms with Crippen LogP contribution in [-0.2, 0) is 11.2 Å². The lowest BCUT2D eigenvalue weighted by Crippen LogP contribution is -2.26. The van der Waals surface area contributed by atoms with E-state index in [-0.39, 0.29) is 5.91 Å². The van der Waals surface area contributed by atoms with Crippen molar-refractivity contribution in [1.29, 1.82) is 0 Å². The number of hydrogen-bond acceptors (Lipinski definition) is 3. The number of nitrogens with zero attached hydrogens (tertiary/aromatic N) is 2. The van der Waals surface area contributed by atoms with Crippen molar-refractivity contribution in [3.8, 4) is 0 Å². The summed E-state index contributed by atoms with van der Waals surface area (Å²) in [5.41, 5.74) is 1.82. The molecule has 0 saturated carbocycles. The maximum Gasteiger partial charge on any atom is 0.225 e. The Morgan fingerprint density at radius 2 is 1.91 bits per heavy atom. The van der Waals surface area contributed by atoms with Gasteiger partial charge >= 0.3 is 0 Å². The fourth-order valence-corrected chi connectivity index (χ4v) is 2.53. The monoisotopic (exact) mass is 351 g/mol. The minimum absolute atomic E-state index is 0.0648. The summed E-state index contributed by atoms with van der Waals surface area (Å²) in [7, 11) is 2.00. The number of amides is 1. The Morgan fingerprint density at radius 3 is 2.61 bits per heavy atom. The van der Waals surface area contributed by atoms with Gasteiger partial charge in [0.2, 0.25) is 5.91 Å². The lowest BCUT2D eigenvalue weighted by molar-refractivity contribution is -0.116. The molecule has 2 aromatic rings. The van der Waals surface area contributed by atoms with Crippen molar-refractivity contribution in [3.63, 3.8) is 0 Å². The molecular weight excluding hydrogens is 333 g/mol. The SMILES string of the molecule is CN(CCC(=O)Nc1ccc(Cl)cc1Cl)CCc1ccncc1. The van der Waals surface area contributed by atoms with Crippen LogP contribution < -0.4 is 5.32 Å². The van der Waals surface area contributed by atoms with Gasteiger partial charge in [-0.25, -0.2) is 0 Å². The van der Waals surface area contributed by atoms with Gasteiger partial charge in [-0.05, 0) is 49.4 Å². The molecule has 0 bridgehead atoms. The zero-order chi connectivity index (χ0) is 16.7. The van der Waals surface area contributed by atoms with E-state index < -0.39 is 0 Å². The molecule has 0 fully saturated rings. The second-order valence-corrected chi connectivity index (χ2v) is 6.17. The molecular formula is C17H19Cl2N3O. The predicted octanol–water partition coefficient (Wildman–Crippen LogP) is 3.89. The normalized spacial score (nSPS) is 10.8. The number of likely N-dealkylation sites (N-methyl/N-ethyl adjacent to an activating group) is 1. The van der Waals surface area contributed by atoms with Crippen molar-refractivity contribution in [2.45, 2.75) is 12.8 Å². The third-order valence-corrected chi connectivity index (χ3v) is 4.01. The van der Waals surface area contributed by atoms with Gasteiger partial charge in [0.15, 0.2) is 0 Å². The van der Waals surface area contributed by atoms with Gasteiger partial charge in [0.05, 0.1) is 10.7 Å². The lowest BCUT2D eigenvalue weighted by Gasteiger charge is -2.16. The Balaban J connectivity index is 1.73. The van der Waals surface area contributed by atoms with E-state index in [4.69, 9.17) is 23.2 Å². The molecule has 0 atom stereocenters. The smallest absolute Gasteiger partial charge is 0.225 e. The molecule has 0 aliphatic carbocycles. The number of anilines is 1. The van der Waals surface area contributed by atoms with Crippen LogP contribution in [0.15, 0.2) is 42.7 Å². The number of halogens is 2. The van der Waals surface area contributed by atoms with Gasteiger partial charge in [0.1, 0.15) is 0 Å². The van der Waals surface area contributed by atoms with Crippen LogP contribution >= 0.6 is 23.2 Å². The first-order valence-corrected chi connectivity index (χ1v) is 8.12. The summed E-state index contributed by atoms with van der Waals surface area (Å²) in [6, 6.07) is 9.02. The highest BCUT2D eigenvalue weighted by Crippen LogP contribution is 2.25. The van der Waals surface area contributed by atoms with Gasteiger partial charge in [-0.3, -0.25) is 9.78 Å². The number of rotatable bonds is 7. The van der Waals surface area contributed by atoms with E-state index in [1.54, 1.807) is 30.6 Å². The fraction of sp³-hybridized carbons (Fsp3) is 0.294. The van der Waals surface area contributed by atoms with E-state index in [1.807, 2.05) is 19.2 Å². The molecule has 2 rings (SSSR count). The summed E-state index contributed by atoms with van der Waals surface area (Å²) >= 11 is 11.9. The maximum absolute atomic E-state index is 12.0. The largest absolute Gasteiger partial charge is 0.325 e. The van der Waals surface area contributed by atoms with Crippen molar-refractivity contribution < 1.29 is 4.79 Å². The van der Waals surface area contributed by atoms with Crippen LogP contribution in [0, 0.1) is 0 Å². The number of carbonyl (C=O) groups excluding carboxylic acids is 1. The Morgan fingerprint density at radius 1 is 1.17 bits per heavy atom. The molecule has 1 amide bonds. The van der Waals surface area contributed by atoms with E-state index in [1.165, 1.54) is 5.56 Å². The molecule has 0 spiro atoms. The second kappa shape index (κ2) is 8.87. The first kappa shape index (κ1) is 17.7. The Kier molecular flexibility index (Phi) is 6.84. The van der Waals surface area contributed by atoms with Gasteiger partial charge in [-0.15, -0.1) is 0 Å². The number of carbonyl (C=O) groups is 1. The summed E-state index contributed by atoms with van der Waals surface area (Å²) in [5, 5.41) is 3.79. The molecule has 1 aromatic heterocycles. The molecule has 0 aliphatic rings. The van der Waals surface area contributed by atoms with E-state index in [0.29, 0.717) is 28.7 Å². The van der Waals surface area contributed by atoms with E-state index in [2.05, 4.69) is 15.2 Å². The van der Waals surface area contributed by atoms with Crippen molar-refractivity contribution >= 4 is 34.8 Å². The molecule has 4 nitrogen and oxygen atoms in total. The van der Waals surface area contributed by atoms with Crippen molar-refractivity contribution in [1.82, 2.24) is 9.88 Å². The first-order valence-electron chi connectivity index (χ1n) is 7.37. The molecule has 0 unspecified atom stereocenters. The average Bonchev–Trinajstić information content (AvgIpc) is 2.54. The highest BCUT2D eigenvalue weighted by molar-refractivity contribution is 6.36. The number of benzene rings is 1. The van der Waals surface area contributed by atoms with Gasteiger partial charge < -0.3 is 10.2 Å². The zero-order valence-corrected chi connectivity index (χ0v) is 14.4. The molecule has 0 radical (unpaired) electrons. The van der Waals surface area contributed by atoms with Crippen LogP contribution in [0.2, 0.25) is 10.0 Å². The second-order valence-electron chi connectivity index (χ2n) is 5.33. The first-order chi connectivity index (χ1) is 11.0. The van der Waals surface area contributed by atoms with Gasteiger partial charge in [-0.2, -0.15) is 0 Å². The molecule has 23 heavy (non-hydrogen) atoms. The standard InChI is InChI=1S/C17H19Cl2N3O/c1-22(10-6-13-4-8-20-9-5-13)11-7-17(23)21-16-3-2-14(18)12-15(16)19/h2-5,8-9,12H,6-7,10-11H2,1H3,(H,21,23). The average molecular weight is 352 g/mol. The third kappa shape index (κ3) is 6.18. The van der Waals surface area contributed by atoms with Crippen LogP contribution in [0.25, 0.3) is 0 Å². The van der Waals surface area contributed by atoms with Crippen LogP contribution in [0.5, 0.6) is 0 Å². The number of hydrogen-bond donors (Lipinski definition) is 1. The highest BCUT2D eigenvalue weighted by atomic mass is 35.5. The zero-order valence-electron chi connectivity index (χ0n) is 12.9. The van der Waals surface area contributed by atoms with Crippen LogP contribution in [0.1, 0.15) is 12.0 Å². The fourth-order valence-electron chi connectivity index (χ4n) is 2.08. The van der Waals surface area contributed by atoms with E-state index in [0.717, 1.165) is 13.0 Å². The van der Waals surface area contributed by atoms with Crippen molar-refractivity contribution in [3.05, 3.63) is 58.3 Å². The van der Waals surface area contributed by atoms with Gasteiger partial charge in [0, 0.05) is 36.9 Å².